The number of nitriles is 1. The summed E-state index contributed by atoms with van der Waals surface area (Å²) < 4.78 is 39.2. The molecule has 1 N–H and O–H groups in total. The second-order valence-electron chi connectivity index (χ2n) is 4.58. The number of hydrogen-bond acceptors (Lipinski definition) is 2. The highest BCUT2D eigenvalue weighted by molar-refractivity contribution is 5.97. The first-order valence-corrected chi connectivity index (χ1v) is 5.86. The largest absolute Gasteiger partial charge is 0.322 e. The molecule has 1 saturated carbocycles. The number of carbonyl (C=O) groups excluding carboxylic acids is 1. The Balaban J connectivity index is 2.25. The average Bonchev–Trinajstić information content (AvgIpc) is 2.89. The molecule has 0 unspecified atom stereocenters. The summed E-state index contributed by atoms with van der Waals surface area (Å²) in [5.41, 5.74) is -1.65. The number of amides is 1. The minimum atomic E-state index is -1.64. The fourth-order valence-electron chi connectivity index (χ4n) is 2.23. The van der Waals surface area contributed by atoms with E-state index in [1.54, 1.807) is 0 Å². The van der Waals surface area contributed by atoms with Gasteiger partial charge in [0.1, 0.15) is 5.41 Å². The highest BCUT2D eigenvalue weighted by Gasteiger charge is 2.41. The number of hydrogen-bond donors (Lipinski definition) is 1. The molecular weight excluding hydrogens is 257 g/mol. The molecule has 0 spiro atoms. The minimum Gasteiger partial charge on any atom is -0.322 e. The number of rotatable bonds is 2. The molecule has 3 nitrogen and oxygen atoms in total. The van der Waals surface area contributed by atoms with Crippen molar-refractivity contribution in [2.75, 3.05) is 5.32 Å². The molecule has 100 valence electrons. The highest BCUT2D eigenvalue weighted by atomic mass is 19.2. The van der Waals surface area contributed by atoms with Crippen molar-refractivity contribution in [2.24, 2.45) is 5.41 Å². The molecule has 19 heavy (non-hydrogen) atoms. The summed E-state index contributed by atoms with van der Waals surface area (Å²) in [6.07, 6.45) is 2.25. The van der Waals surface area contributed by atoms with Gasteiger partial charge in [0.05, 0.1) is 11.8 Å². The quantitative estimate of drug-likeness (QED) is 0.838. The van der Waals surface area contributed by atoms with Gasteiger partial charge in [-0.15, -0.1) is 0 Å². The molecule has 1 amide bonds. The van der Waals surface area contributed by atoms with Crippen molar-refractivity contribution in [2.45, 2.75) is 25.7 Å². The van der Waals surface area contributed by atoms with Gasteiger partial charge in [-0.2, -0.15) is 5.26 Å². The molecule has 0 saturated heterocycles. The lowest BCUT2D eigenvalue weighted by Crippen LogP contribution is -2.32. The van der Waals surface area contributed by atoms with Crippen molar-refractivity contribution in [3.8, 4) is 6.07 Å². The standard InChI is InChI=1S/C13H11F3N2O/c14-8-3-4-9(11(16)10(8)15)18-12(19)13(7-17)5-1-2-6-13/h3-4H,1-2,5-6H2,(H,18,19). The van der Waals surface area contributed by atoms with Gasteiger partial charge in [-0.05, 0) is 25.0 Å². The summed E-state index contributed by atoms with van der Waals surface area (Å²) in [4.78, 5) is 12.0. The van der Waals surface area contributed by atoms with E-state index in [0.717, 1.165) is 25.0 Å². The second kappa shape index (κ2) is 4.92. The van der Waals surface area contributed by atoms with Gasteiger partial charge < -0.3 is 5.32 Å². The lowest BCUT2D eigenvalue weighted by atomic mass is 9.87. The number of nitrogens with zero attached hydrogens (tertiary/aromatic N) is 1. The highest BCUT2D eigenvalue weighted by Crippen LogP contribution is 2.38. The zero-order valence-corrected chi connectivity index (χ0v) is 9.97. The van der Waals surface area contributed by atoms with E-state index in [0.29, 0.717) is 12.8 Å². The van der Waals surface area contributed by atoms with E-state index in [1.165, 1.54) is 0 Å². The Labute approximate surface area is 108 Å². The molecule has 0 radical (unpaired) electrons. The van der Waals surface area contributed by atoms with Gasteiger partial charge in [0.15, 0.2) is 17.5 Å². The maximum atomic E-state index is 13.4. The summed E-state index contributed by atoms with van der Waals surface area (Å²) in [5.74, 6) is -5.10. The van der Waals surface area contributed by atoms with Crippen molar-refractivity contribution in [1.29, 1.82) is 5.26 Å². The number of halogens is 3. The Morgan fingerprint density at radius 2 is 1.84 bits per heavy atom. The molecule has 1 aliphatic rings. The van der Waals surface area contributed by atoms with E-state index in [1.807, 2.05) is 6.07 Å². The van der Waals surface area contributed by atoms with Crippen molar-refractivity contribution in [3.63, 3.8) is 0 Å². The Kier molecular flexibility index (Phi) is 3.47. The molecule has 0 heterocycles. The van der Waals surface area contributed by atoms with Crippen LogP contribution in [0.15, 0.2) is 12.1 Å². The summed E-state index contributed by atoms with van der Waals surface area (Å²) >= 11 is 0. The van der Waals surface area contributed by atoms with E-state index >= 15 is 0 Å². The lowest BCUT2D eigenvalue weighted by Gasteiger charge is -2.19. The van der Waals surface area contributed by atoms with Gasteiger partial charge in [-0.25, -0.2) is 13.2 Å². The Morgan fingerprint density at radius 1 is 1.21 bits per heavy atom. The van der Waals surface area contributed by atoms with Crippen LogP contribution in [-0.4, -0.2) is 5.91 Å². The molecule has 2 rings (SSSR count). The molecule has 0 bridgehead atoms. The third-order valence-electron chi connectivity index (χ3n) is 3.39. The first-order chi connectivity index (χ1) is 9.00. The fraction of sp³-hybridized carbons (Fsp3) is 0.385. The molecule has 6 heteroatoms. The van der Waals surface area contributed by atoms with Crippen LogP contribution >= 0.6 is 0 Å². The topological polar surface area (TPSA) is 52.9 Å². The fourth-order valence-corrected chi connectivity index (χ4v) is 2.23. The van der Waals surface area contributed by atoms with Crippen LogP contribution in [0.3, 0.4) is 0 Å². The van der Waals surface area contributed by atoms with Gasteiger partial charge in [0, 0.05) is 0 Å². The molecule has 1 aromatic carbocycles. The molecule has 1 aliphatic carbocycles. The van der Waals surface area contributed by atoms with Crippen LogP contribution in [0.1, 0.15) is 25.7 Å². The average molecular weight is 268 g/mol. The molecule has 0 atom stereocenters. The van der Waals surface area contributed by atoms with Crippen molar-refractivity contribution >= 4 is 11.6 Å². The smallest absolute Gasteiger partial charge is 0.244 e. The van der Waals surface area contributed by atoms with Crippen molar-refractivity contribution < 1.29 is 18.0 Å². The van der Waals surface area contributed by atoms with Crippen LogP contribution in [0.4, 0.5) is 18.9 Å². The number of anilines is 1. The van der Waals surface area contributed by atoms with Crippen LogP contribution in [0.25, 0.3) is 0 Å². The lowest BCUT2D eigenvalue weighted by molar-refractivity contribution is -0.122. The number of carbonyl (C=O) groups is 1. The molecule has 0 aromatic heterocycles. The first kappa shape index (κ1) is 13.4. The van der Waals surface area contributed by atoms with Crippen LogP contribution in [0.5, 0.6) is 0 Å². The Morgan fingerprint density at radius 3 is 2.42 bits per heavy atom. The Hall–Kier alpha value is -2.03. The number of benzene rings is 1. The molecular formula is C13H11F3N2O. The van der Waals surface area contributed by atoms with E-state index in [-0.39, 0.29) is 0 Å². The molecule has 0 aliphatic heterocycles. The monoisotopic (exact) mass is 268 g/mol. The summed E-state index contributed by atoms with van der Waals surface area (Å²) in [6, 6.07) is 3.60. The van der Waals surface area contributed by atoms with E-state index in [9.17, 15) is 18.0 Å². The van der Waals surface area contributed by atoms with Gasteiger partial charge in [-0.1, -0.05) is 12.8 Å². The van der Waals surface area contributed by atoms with Crippen molar-refractivity contribution in [3.05, 3.63) is 29.6 Å². The summed E-state index contributed by atoms with van der Waals surface area (Å²) in [7, 11) is 0. The SMILES string of the molecule is N#CC1(C(=O)Nc2ccc(F)c(F)c2F)CCCC1. The van der Waals surface area contributed by atoms with Crippen LogP contribution in [-0.2, 0) is 4.79 Å². The molecule has 1 aromatic rings. The predicted molar refractivity (Wildman–Crippen MR) is 61.5 cm³/mol. The first-order valence-electron chi connectivity index (χ1n) is 5.86. The number of nitrogens with one attached hydrogen (secondary N) is 1. The second-order valence-corrected chi connectivity index (χ2v) is 4.58. The maximum absolute atomic E-state index is 13.4. The Bertz CT molecular complexity index is 560. The van der Waals surface area contributed by atoms with Gasteiger partial charge >= 0.3 is 0 Å². The minimum absolute atomic E-state index is 0.390. The van der Waals surface area contributed by atoms with Crippen LogP contribution in [0, 0.1) is 34.2 Å². The van der Waals surface area contributed by atoms with Gasteiger partial charge in [0.2, 0.25) is 5.91 Å². The summed E-state index contributed by atoms with van der Waals surface area (Å²) in [6.45, 7) is 0. The molecule has 1 fully saturated rings. The van der Waals surface area contributed by atoms with Gasteiger partial charge in [-0.3, -0.25) is 4.79 Å². The predicted octanol–water partition coefficient (Wildman–Crippen LogP) is 3.13. The van der Waals surface area contributed by atoms with Crippen LogP contribution < -0.4 is 5.32 Å². The maximum Gasteiger partial charge on any atom is 0.244 e. The zero-order chi connectivity index (χ0) is 14.0. The van der Waals surface area contributed by atoms with Crippen molar-refractivity contribution in [1.82, 2.24) is 0 Å². The van der Waals surface area contributed by atoms with E-state index in [4.69, 9.17) is 5.26 Å². The van der Waals surface area contributed by atoms with E-state index < -0.39 is 34.5 Å². The van der Waals surface area contributed by atoms with E-state index in [2.05, 4.69) is 5.32 Å². The normalized spacial score (nSPS) is 16.9. The zero-order valence-electron chi connectivity index (χ0n) is 9.97. The van der Waals surface area contributed by atoms with Gasteiger partial charge in [0.25, 0.3) is 0 Å². The summed E-state index contributed by atoms with van der Waals surface area (Å²) in [5, 5.41) is 11.3. The van der Waals surface area contributed by atoms with Crippen LogP contribution in [0.2, 0.25) is 0 Å². The third kappa shape index (κ3) is 2.28. The third-order valence-corrected chi connectivity index (χ3v) is 3.39.